The van der Waals surface area contributed by atoms with Crippen molar-refractivity contribution >= 4 is 49.1 Å². The zero-order chi connectivity index (χ0) is 17.3. The Bertz CT molecular complexity index is 925. The molecule has 0 unspecified atom stereocenters. The lowest BCUT2D eigenvalue weighted by molar-refractivity contribution is 0.0997. The highest BCUT2D eigenvalue weighted by Crippen LogP contribution is 2.29. The van der Waals surface area contributed by atoms with Gasteiger partial charge in [0.25, 0.3) is 5.91 Å². The SMILES string of the molecule is Nc1ccc(NC(=O)c2ccc(-c3ccc(Br)cc3F)o2)c(Br)c1. The predicted octanol–water partition coefficient (Wildman–Crippen LogP) is 5.45. The second kappa shape index (κ2) is 6.78. The molecule has 4 nitrogen and oxygen atoms in total. The molecule has 0 saturated carbocycles. The first-order valence-corrected chi connectivity index (χ1v) is 8.44. The Labute approximate surface area is 154 Å². The van der Waals surface area contributed by atoms with Crippen LogP contribution in [0.2, 0.25) is 0 Å². The van der Waals surface area contributed by atoms with E-state index in [-0.39, 0.29) is 17.1 Å². The molecule has 0 aliphatic carbocycles. The number of amides is 1. The Morgan fingerprint density at radius 3 is 2.58 bits per heavy atom. The van der Waals surface area contributed by atoms with Gasteiger partial charge in [0.15, 0.2) is 5.76 Å². The second-order valence-corrected chi connectivity index (χ2v) is 6.75. The molecule has 122 valence electrons. The summed E-state index contributed by atoms with van der Waals surface area (Å²) in [6.07, 6.45) is 0. The number of carbonyl (C=O) groups is 1. The van der Waals surface area contributed by atoms with E-state index in [4.69, 9.17) is 10.2 Å². The number of carbonyl (C=O) groups excluding carboxylic acids is 1. The van der Waals surface area contributed by atoms with Gasteiger partial charge in [0.05, 0.1) is 11.3 Å². The molecule has 1 heterocycles. The summed E-state index contributed by atoms with van der Waals surface area (Å²) < 4.78 is 20.7. The maximum Gasteiger partial charge on any atom is 0.291 e. The van der Waals surface area contributed by atoms with E-state index in [1.54, 1.807) is 36.4 Å². The highest BCUT2D eigenvalue weighted by atomic mass is 79.9. The summed E-state index contributed by atoms with van der Waals surface area (Å²) in [4.78, 5) is 12.3. The normalized spacial score (nSPS) is 10.6. The summed E-state index contributed by atoms with van der Waals surface area (Å²) in [5, 5.41) is 2.71. The van der Waals surface area contributed by atoms with Crippen LogP contribution in [0.3, 0.4) is 0 Å². The summed E-state index contributed by atoms with van der Waals surface area (Å²) in [5.74, 6) is -0.520. The Morgan fingerprint density at radius 1 is 1.08 bits per heavy atom. The molecule has 7 heteroatoms. The highest BCUT2D eigenvalue weighted by Gasteiger charge is 2.16. The number of hydrogen-bond acceptors (Lipinski definition) is 3. The van der Waals surface area contributed by atoms with Gasteiger partial charge < -0.3 is 15.5 Å². The predicted molar refractivity (Wildman–Crippen MR) is 98.3 cm³/mol. The first kappa shape index (κ1) is 16.7. The molecule has 0 saturated heterocycles. The van der Waals surface area contributed by atoms with Crippen LogP contribution in [0.5, 0.6) is 0 Å². The van der Waals surface area contributed by atoms with Gasteiger partial charge in [-0.2, -0.15) is 0 Å². The highest BCUT2D eigenvalue weighted by molar-refractivity contribution is 9.10. The maximum atomic E-state index is 14.0. The van der Waals surface area contributed by atoms with E-state index < -0.39 is 11.7 Å². The third-order valence-electron chi connectivity index (χ3n) is 3.27. The topological polar surface area (TPSA) is 68.3 Å². The minimum Gasteiger partial charge on any atom is -0.451 e. The third kappa shape index (κ3) is 3.52. The van der Waals surface area contributed by atoms with E-state index >= 15 is 0 Å². The first-order valence-electron chi connectivity index (χ1n) is 6.85. The summed E-state index contributed by atoms with van der Waals surface area (Å²) in [5.41, 5.74) is 7.08. The Morgan fingerprint density at radius 2 is 1.88 bits per heavy atom. The molecule has 0 radical (unpaired) electrons. The average molecular weight is 454 g/mol. The molecule has 0 aliphatic rings. The summed E-state index contributed by atoms with van der Waals surface area (Å²) in [7, 11) is 0. The first-order chi connectivity index (χ1) is 11.4. The molecule has 24 heavy (non-hydrogen) atoms. The van der Waals surface area contributed by atoms with E-state index in [0.29, 0.717) is 20.3 Å². The largest absolute Gasteiger partial charge is 0.451 e. The van der Waals surface area contributed by atoms with Crippen molar-refractivity contribution in [3.63, 3.8) is 0 Å². The molecular formula is C17H11Br2FN2O2. The van der Waals surface area contributed by atoms with Crippen LogP contribution >= 0.6 is 31.9 Å². The van der Waals surface area contributed by atoms with Gasteiger partial charge in [0, 0.05) is 14.6 Å². The number of nitrogens with one attached hydrogen (secondary N) is 1. The number of furan rings is 1. The van der Waals surface area contributed by atoms with E-state index in [2.05, 4.69) is 37.2 Å². The van der Waals surface area contributed by atoms with Gasteiger partial charge >= 0.3 is 0 Å². The fourth-order valence-corrected chi connectivity index (χ4v) is 2.94. The van der Waals surface area contributed by atoms with Crippen molar-refractivity contribution in [1.29, 1.82) is 0 Å². The second-order valence-electron chi connectivity index (χ2n) is 4.98. The van der Waals surface area contributed by atoms with Gasteiger partial charge in [0.2, 0.25) is 0 Å². The van der Waals surface area contributed by atoms with Crippen molar-refractivity contribution in [2.24, 2.45) is 0 Å². The van der Waals surface area contributed by atoms with E-state index in [1.165, 1.54) is 12.1 Å². The Kier molecular flexibility index (Phi) is 4.73. The quantitative estimate of drug-likeness (QED) is 0.518. The molecular weight excluding hydrogens is 443 g/mol. The molecule has 0 fully saturated rings. The minimum atomic E-state index is -0.441. The number of hydrogen-bond donors (Lipinski definition) is 2. The molecule has 3 rings (SSSR count). The fraction of sp³-hybridized carbons (Fsp3) is 0. The Balaban J connectivity index is 1.83. The van der Waals surface area contributed by atoms with Crippen molar-refractivity contribution in [2.45, 2.75) is 0 Å². The van der Waals surface area contributed by atoms with Gasteiger partial charge in [0.1, 0.15) is 11.6 Å². The molecule has 2 aromatic carbocycles. The molecule has 0 aliphatic heterocycles. The molecule has 3 aromatic rings. The van der Waals surface area contributed by atoms with E-state index in [9.17, 15) is 9.18 Å². The van der Waals surface area contributed by atoms with Crippen LogP contribution < -0.4 is 11.1 Å². The van der Waals surface area contributed by atoms with Crippen LogP contribution in [0.1, 0.15) is 10.6 Å². The summed E-state index contributed by atoms with van der Waals surface area (Å²) in [6.45, 7) is 0. The van der Waals surface area contributed by atoms with Gasteiger partial charge in [-0.25, -0.2) is 4.39 Å². The minimum absolute atomic E-state index is 0.0797. The van der Waals surface area contributed by atoms with Crippen LogP contribution in [0.25, 0.3) is 11.3 Å². The molecule has 3 N–H and O–H groups in total. The Hall–Kier alpha value is -2.12. The molecule has 1 amide bonds. The smallest absolute Gasteiger partial charge is 0.291 e. The van der Waals surface area contributed by atoms with Crippen LogP contribution in [-0.2, 0) is 0 Å². The molecule has 0 spiro atoms. The van der Waals surface area contributed by atoms with Gasteiger partial charge in [-0.1, -0.05) is 15.9 Å². The molecule has 1 aromatic heterocycles. The van der Waals surface area contributed by atoms with Crippen molar-refractivity contribution in [3.05, 3.63) is 69.1 Å². The lowest BCUT2D eigenvalue weighted by atomic mass is 10.1. The van der Waals surface area contributed by atoms with Crippen molar-refractivity contribution in [3.8, 4) is 11.3 Å². The van der Waals surface area contributed by atoms with Crippen molar-refractivity contribution in [1.82, 2.24) is 0 Å². The maximum absolute atomic E-state index is 14.0. The van der Waals surface area contributed by atoms with E-state index in [0.717, 1.165) is 0 Å². The summed E-state index contributed by atoms with van der Waals surface area (Å²) >= 11 is 6.53. The average Bonchev–Trinajstić information content (AvgIpc) is 3.00. The lowest BCUT2D eigenvalue weighted by Crippen LogP contribution is -2.11. The number of halogens is 3. The lowest BCUT2D eigenvalue weighted by Gasteiger charge is -2.06. The number of nitrogen functional groups attached to an aromatic ring is 1. The van der Waals surface area contributed by atoms with Crippen LogP contribution in [-0.4, -0.2) is 5.91 Å². The summed E-state index contributed by atoms with van der Waals surface area (Å²) in [6, 6.07) is 12.7. The zero-order valence-electron chi connectivity index (χ0n) is 12.1. The fourth-order valence-electron chi connectivity index (χ4n) is 2.11. The van der Waals surface area contributed by atoms with Crippen molar-refractivity contribution < 1.29 is 13.6 Å². The van der Waals surface area contributed by atoms with E-state index in [1.807, 2.05) is 0 Å². The molecule has 0 bridgehead atoms. The number of benzene rings is 2. The standard InChI is InChI=1S/C17H11Br2FN2O2/c18-9-1-3-11(13(20)7-9)15-5-6-16(24-15)17(23)22-14-4-2-10(21)8-12(14)19/h1-8H,21H2,(H,22,23). The van der Waals surface area contributed by atoms with Crippen LogP contribution in [0.15, 0.2) is 61.9 Å². The third-order valence-corrected chi connectivity index (χ3v) is 4.42. The number of rotatable bonds is 3. The number of nitrogens with two attached hydrogens (primary N) is 1. The van der Waals surface area contributed by atoms with Gasteiger partial charge in [-0.05, 0) is 64.5 Å². The molecule has 0 atom stereocenters. The van der Waals surface area contributed by atoms with Crippen LogP contribution in [0.4, 0.5) is 15.8 Å². The van der Waals surface area contributed by atoms with Gasteiger partial charge in [-0.15, -0.1) is 0 Å². The zero-order valence-corrected chi connectivity index (χ0v) is 15.3. The number of anilines is 2. The van der Waals surface area contributed by atoms with Crippen LogP contribution in [0, 0.1) is 5.82 Å². The monoisotopic (exact) mass is 452 g/mol. The van der Waals surface area contributed by atoms with Gasteiger partial charge in [-0.3, -0.25) is 4.79 Å². The van der Waals surface area contributed by atoms with Crippen molar-refractivity contribution in [2.75, 3.05) is 11.1 Å².